The van der Waals surface area contributed by atoms with Crippen LogP contribution in [0.3, 0.4) is 0 Å². The maximum absolute atomic E-state index is 12.1. The first-order valence-corrected chi connectivity index (χ1v) is 7.09. The van der Waals surface area contributed by atoms with E-state index >= 15 is 0 Å². The number of hydrogen-bond donors (Lipinski definition) is 2. The Balaban J connectivity index is 1.91. The van der Waals surface area contributed by atoms with Crippen LogP contribution in [0.25, 0.3) is 0 Å². The molecule has 2 heterocycles. The lowest BCUT2D eigenvalue weighted by Gasteiger charge is -2.23. The van der Waals surface area contributed by atoms with Crippen molar-refractivity contribution >= 4 is 5.91 Å². The van der Waals surface area contributed by atoms with Gasteiger partial charge in [-0.05, 0) is 31.2 Å². The predicted octanol–water partition coefficient (Wildman–Crippen LogP) is 1.11. The monoisotopic (exact) mass is 276 g/mol. The van der Waals surface area contributed by atoms with Gasteiger partial charge < -0.3 is 20.1 Å². The van der Waals surface area contributed by atoms with Gasteiger partial charge in [0.05, 0.1) is 18.7 Å². The Morgan fingerprint density at radius 1 is 1.40 bits per heavy atom. The van der Waals surface area contributed by atoms with E-state index in [1.165, 1.54) is 0 Å². The van der Waals surface area contributed by atoms with Gasteiger partial charge in [-0.25, -0.2) is 0 Å². The third-order valence-corrected chi connectivity index (χ3v) is 4.00. The van der Waals surface area contributed by atoms with E-state index in [1.54, 1.807) is 0 Å². The molecule has 1 amide bonds. The number of ether oxygens (including phenoxy) is 2. The minimum Gasteiger partial charge on any atom is -0.491 e. The highest BCUT2D eigenvalue weighted by Crippen LogP contribution is 2.31. The molecule has 5 nitrogen and oxygen atoms in total. The van der Waals surface area contributed by atoms with Crippen LogP contribution in [0.5, 0.6) is 5.75 Å². The second-order valence-corrected chi connectivity index (χ2v) is 5.25. The molecule has 0 spiro atoms. The van der Waals surface area contributed by atoms with Crippen LogP contribution in [0.2, 0.25) is 0 Å². The highest BCUT2D eigenvalue weighted by atomic mass is 16.5. The Bertz CT molecular complexity index is 498. The van der Waals surface area contributed by atoms with Crippen LogP contribution < -0.4 is 15.4 Å². The fourth-order valence-electron chi connectivity index (χ4n) is 2.96. The van der Waals surface area contributed by atoms with Crippen molar-refractivity contribution in [3.8, 4) is 5.75 Å². The molecule has 0 aromatic heterocycles. The summed E-state index contributed by atoms with van der Waals surface area (Å²) in [6, 6.07) is 6.08. The molecule has 1 fully saturated rings. The molecule has 3 rings (SSSR count). The molecule has 20 heavy (non-hydrogen) atoms. The summed E-state index contributed by atoms with van der Waals surface area (Å²) in [4.78, 5) is 12.1. The molecule has 108 valence electrons. The van der Waals surface area contributed by atoms with Crippen LogP contribution in [0.4, 0.5) is 0 Å². The Morgan fingerprint density at radius 2 is 2.30 bits per heavy atom. The normalized spacial score (nSPS) is 23.4. The van der Waals surface area contributed by atoms with Crippen LogP contribution >= 0.6 is 0 Å². The smallest absolute Gasteiger partial charge is 0.255 e. The highest BCUT2D eigenvalue weighted by molar-refractivity contribution is 5.97. The zero-order valence-electron chi connectivity index (χ0n) is 11.6. The maximum Gasteiger partial charge on any atom is 0.255 e. The first kappa shape index (κ1) is 13.4. The molecule has 1 aromatic carbocycles. The average Bonchev–Trinajstić information content (AvgIpc) is 2.92. The SMILES string of the molecule is CNC(c1ccc2c(c1)C(=O)NCCO2)C1CCOC1. The first-order chi connectivity index (χ1) is 9.79. The van der Waals surface area contributed by atoms with Gasteiger partial charge >= 0.3 is 0 Å². The summed E-state index contributed by atoms with van der Waals surface area (Å²) in [5.41, 5.74) is 1.74. The zero-order valence-corrected chi connectivity index (χ0v) is 11.6. The number of carbonyl (C=O) groups is 1. The first-order valence-electron chi connectivity index (χ1n) is 7.09. The standard InChI is InChI=1S/C15H20N2O3/c1-16-14(11-4-6-19-9-11)10-2-3-13-12(8-10)15(18)17-5-7-20-13/h2-3,8,11,14,16H,4-7,9H2,1H3,(H,17,18). The van der Waals surface area contributed by atoms with E-state index in [0.717, 1.165) is 25.2 Å². The quantitative estimate of drug-likeness (QED) is 0.868. The molecule has 1 saturated heterocycles. The van der Waals surface area contributed by atoms with Gasteiger partial charge in [0.1, 0.15) is 12.4 Å². The van der Waals surface area contributed by atoms with Crippen LogP contribution in [-0.2, 0) is 4.74 Å². The fourth-order valence-corrected chi connectivity index (χ4v) is 2.96. The number of carbonyl (C=O) groups excluding carboxylic acids is 1. The number of hydrogen-bond acceptors (Lipinski definition) is 4. The van der Waals surface area contributed by atoms with Crippen LogP contribution in [0, 0.1) is 5.92 Å². The summed E-state index contributed by atoms with van der Waals surface area (Å²) < 4.78 is 11.1. The van der Waals surface area contributed by atoms with E-state index < -0.39 is 0 Å². The van der Waals surface area contributed by atoms with Gasteiger partial charge in [-0.2, -0.15) is 0 Å². The minimum atomic E-state index is -0.0584. The summed E-state index contributed by atoms with van der Waals surface area (Å²) in [6.45, 7) is 2.65. The van der Waals surface area contributed by atoms with Gasteiger partial charge in [0.15, 0.2) is 0 Å². The van der Waals surface area contributed by atoms with Crippen molar-refractivity contribution in [2.24, 2.45) is 5.92 Å². The van der Waals surface area contributed by atoms with Gasteiger partial charge in [0.25, 0.3) is 5.91 Å². The van der Waals surface area contributed by atoms with Crippen molar-refractivity contribution in [2.45, 2.75) is 12.5 Å². The van der Waals surface area contributed by atoms with Crippen molar-refractivity contribution < 1.29 is 14.3 Å². The van der Waals surface area contributed by atoms with E-state index in [2.05, 4.69) is 10.6 Å². The largest absolute Gasteiger partial charge is 0.491 e. The van der Waals surface area contributed by atoms with Crippen molar-refractivity contribution in [3.63, 3.8) is 0 Å². The number of nitrogens with one attached hydrogen (secondary N) is 2. The van der Waals surface area contributed by atoms with E-state index in [9.17, 15) is 4.79 Å². The molecule has 2 atom stereocenters. The van der Waals surface area contributed by atoms with Gasteiger partial charge in [-0.1, -0.05) is 6.07 Å². The molecule has 2 aliphatic rings. The molecular formula is C15H20N2O3. The minimum absolute atomic E-state index is 0.0584. The number of benzene rings is 1. The molecule has 1 aromatic rings. The van der Waals surface area contributed by atoms with Gasteiger partial charge in [0, 0.05) is 18.6 Å². The Labute approximate surface area is 118 Å². The molecular weight excluding hydrogens is 256 g/mol. The van der Waals surface area contributed by atoms with Gasteiger partial charge in [-0.15, -0.1) is 0 Å². The lowest BCUT2D eigenvalue weighted by molar-refractivity contribution is 0.0957. The molecule has 0 aliphatic carbocycles. The van der Waals surface area contributed by atoms with Crippen LogP contribution in [0.15, 0.2) is 18.2 Å². The molecule has 2 N–H and O–H groups in total. The molecule has 2 unspecified atom stereocenters. The van der Waals surface area contributed by atoms with E-state index in [-0.39, 0.29) is 11.9 Å². The molecule has 2 aliphatic heterocycles. The molecule has 5 heteroatoms. The topological polar surface area (TPSA) is 59.6 Å². The molecule has 0 saturated carbocycles. The van der Waals surface area contributed by atoms with E-state index in [0.29, 0.717) is 30.4 Å². The average molecular weight is 276 g/mol. The van der Waals surface area contributed by atoms with Gasteiger partial charge in [0.2, 0.25) is 0 Å². The lowest BCUT2D eigenvalue weighted by atomic mass is 9.91. The summed E-state index contributed by atoms with van der Waals surface area (Å²) in [5.74, 6) is 1.06. The van der Waals surface area contributed by atoms with E-state index in [1.807, 2.05) is 25.2 Å². The summed E-state index contributed by atoms with van der Waals surface area (Å²) >= 11 is 0. The lowest BCUT2D eigenvalue weighted by Crippen LogP contribution is -2.27. The van der Waals surface area contributed by atoms with Crippen molar-refractivity contribution in [1.29, 1.82) is 0 Å². The van der Waals surface area contributed by atoms with Crippen LogP contribution in [-0.4, -0.2) is 39.3 Å². The summed E-state index contributed by atoms with van der Waals surface area (Å²) in [7, 11) is 1.95. The second-order valence-electron chi connectivity index (χ2n) is 5.25. The van der Waals surface area contributed by atoms with Crippen molar-refractivity contribution in [3.05, 3.63) is 29.3 Å². The maximum atomic E-state index is 12.1. The second kappa shape index (κ2) is 5.81. The molecule has 0 bridgehead atoms. The Morgan fingerprint density at radius 3 is 3.05 bits per heavy atom. The fraction of sp³-hybridized carbons (Fsp3) is 0.533. The van der Waals surface area contributed by atoms with Crippen LogP contribution in [0.1, 0.15) is 28.4 Å². The van der Waals surface area contributed by atoms with Crippen molar-refractivity contribution in [1.82, 2.24) is 10.6 Å². The van der Waals surface area contributed by atoms with Crippen molar-refractivity contribution in [2.75, 3.05) is 33.4 Å². The summed E-state index contributed by atoms with van der Waals surface area (Å²) in [5, 5.41) is 6.19. The number of rotatable bonds is 3. The Hall–Kier alpha value is -1.59. The van der Waals surface area contributed by atoms with E-state index in [4.69, 9.17) is 9.47 Å². The predicted molar refractivity (Wildman–Crippen MR) is 75.0 cm³/mol. The highest BCUT2D eigenvalue weighted by Gasteiger charge is 2.27. The number of amides is 1. The zero-order chi connectivity index (χ0) is 13.9. The third-order valence-electron chi connectivity index (χ3n) is 4.00. The third kappa shape index (κ3) is 2.51. The number of fused-ring (bicyclic) bond motifs is 1. The molecule has 0 radical (unpaired) electrons. The van der Waals surface area contributed by atoms with Gasteiger partial charge in [-0.3, -0.25) is 4.79 Å². The summed E-state index contributed by atoms with van der Waals surface area (Å²) in [6.07, 6.45) is 1.05. The Kier molecular flexibility index (Phi) is 3.89.